The molecule has 1 amide bonds. The summed E-state index contributed by atoms with van der Waals surface area (Å²) in [6, 6.07) is 16.1. The average molecular weight is 439 g/mol. The molecule has 0 saturated carbocycles. The van der Waals surface area contributed by atoms with Crippen molar-refractivity contribution in [1.82, 2.24) is 14.5 Å². The molecule has 0 radical (unpaired) electrons. The summed E-state index contributed by atoms with van der Waals surface area (Å²) in [7, 11) is 0. The van der Waals surface area contributed by atoms with Crippen LogP contribution in [0.2, 0.25) is 0 Å². The van der Waals surface area contributed by atoms with E-state index in [1.165, 1.54) is 0 Å². The zero-order valence-electron chi connectivity index (χ0n) is 16.1. The van der Waals surface area contributed by atoms with Crippen molar-refractivity contribution in [2.45, 2.75) is 13.8 Å². The van der Waals surface area contributed by atoms with Gasteiger partial charge < -0.3 is 14.4 Å². The van der Waals surface area contributed by atoms with Crippen molar-refractivity contribution in [2.75, 3.05) is 31.1 Å². The Morgan fingerprint density at radius 3 is 2.36 bits per heavy atom. The fraction of sp³-hybridized carbons (Fsp3) is 0.273. The first-order valence-corrected chi connectivity index (χ1v) is 10.2. The van der Waals surface area contributed by atoms with Crippen molar-refractivity contribution < 1.29 is 4.79 Å². The lowest BCUT2D eigenvalue weighted by Crippen LogP contribution is -2.49. The van der Waals surface area contributed by atoms with Gasteiger partial charge in [0.1, 0.15) is 5.82 Å². The van der Waals surface area contributed by atoms with E-state index in [4.69, 9.17) is 0 Å². The normalized spacial score (nSPS) is 14.4. The zero-order chi connectivity index (χ0) is 19.7. The van der Waals surface area contributed by atoms with Crippen LogP contribution in [0.1, 0.15) is 21.7 Å². The minimum absolute atomic E-state index is 0.108. The Balaban J connectivity index is 1.52. The fourth-order valence-electron chi connectivity index (χ4n) is 3.82. The lowest BCUT2D eigenvalue weighted by atomic mass is 10.2. The van der Waals surface area contributed by atoms with Gasteiger partial charge >= 0.3 is 0 Å². The largest absolute Gasteiger partial charge is 0.353 e. The molecule has 0 aliphatic carbocycles. The number of pyridine rings is 1. The van der Waals surface area contributed by atoms with Crippen LogP contribution < -0.4 is 4.90 Å². The van der Waals surface area contributed by atoms with E-state index >= 15 is 0 Å². The number of rotatable bonds is 3. The van der Waals surface area contributed by atoms with E-state index in [1.54, 1.807) is 0 Å². The Bertz CT molecular complexity index is 974. The van der Waals surface area contributed by atoms with Crippen molar-refractivity contribution in [3.8, 4) is 5.69 Å². The topological polar surface area (TPSA) is 41.4 Å². The van der Waals surface area contributed by atoms with Crippen LogP contribution in [0.3, 0.4) is 0 Å². The predicted octanol–water partition coefficient (Wildman–Crippen LogP) is 4.21. The number of carbonyl (C=O) groups excluding carboxylic acids is 1. The van der Waals surface area contributed by atoms with E-state index in [2.05, 4.69) is 42.5 Å². The molecule has 0 bridgehead atoms. The molecule has 4 rings (SSSR count). The summed E-state index contributed by atoms with van der Waals surface area (Å²) in [6.07, 6.45) is 1.81. The monoisotopic (exact) mass is 438 g/mol. The van der Waals surface area contributed by atoms with Crippen LogP contribution in [-0.2, 0) is 0 Å². The van der Waals surface area contributed by atoms with Crippen LogP contribution >= 0.6 is 15.9 Å². The average Bonchev–Trinajstić information content (AvgIpc) is 3.03. The van der Waals surface area contributed by atoms with Crippen molar-refractivity contribution in [3.05, 3.63) is 76.2 Å². The third-order valence-corrected chi connectivity index (χ3v) is 5.82. The molecule has 6 heteroatoms. The Labute approximate surface area is 173 Å². The maximum Gasteiger partial charge on any atom is 0.255 e. The number of aryl methyl sites for hydroxylation is 1. The van der Waals surface area contributed by atoms with Crippen LogP contribution in [0.5, 0.6) is 0 Å². The minimum Gasteiger partial charge on any atom is -0.353 e. The molecule has 1 fully saturated rings. The Kier molecular flexibility index (Phi) is 5.22. The Hall–Kier alpha value is -2.60. The van der Waals surface area contributed by atoms with E-state index in [9.17, 15) is 4.79 Å². The van der Waals surface area contributed by atoms with Gasteiger partial charge in [0.25, 0.3) is 5.91 Å². The predicted molar refractivity (Wildman–Crippen MR) is 115 cm³/mol. The third kappa shape index (κ3) is 3.56. The summed E-state index contributed by atoms with van der Waals surface area (Å²) >= 11 is 3.48. The van der Waals surface area contributed by atoms with Crippen LogP contribution in [0, 0.1) is 13.8 Å². The summed E-state index contributed by atoms with van der Waals surface area (Å²) in [5.74, 6) is 1.08. The highest BCUT2D eigenvalue weighted by Crippen LogP contribution is 2.24. The molecule has 1 aliphatic rings. The smallest absolute Gasteiger partial charge is 0.255 e. The van der Waals surface area contributed by atoms with Gasteiger partial charge in [-0.1, -0.05) is 22.0 Å². The number of hydrogen-bond donors (Lipinski definition) is 0. The number of aromatic nitrogens is 2. The molecule has 5 nitrogen and oxygen atoms in total. The van der Waals surface area contributed by atoms with Gasteiger partial charge in [-0.2, -0.15) is 0 Å². The molecule has 0 N–H and O–H groups in total. The minimum atomic E-state index is 0.108. The number of nitrogens with zero attached hydrogens (tertiary/aromatic N) is 4. The second-order valence-corrected chi connectivity index (χ2v) is 7.98. The second kappa shape index (κ2) is 7.80. The summed E-state index contributed by atoms with van der Waals surface area (Å²) in [4.78, 5) is 21.8. The van der Waals surface area contributed by atoms with E-state index in [-0.39, 0.29) is 5.91 Å². The van der Waals surface area contributed by atoms with Crippen molar-refractivity contribution in [3.63, 3.8) is 0 Å². The molecule has 2 aromatic heterocycles. The molecule has 1 saturated heterocycles. The van der Waals surface area contributed by atoms with E-state index in [0.717, 1.165) is 46.0 Å². The molecule has 28 heavy (non-hydrogen) atoms. The van der Waals surface area contributed by atoms with Gasteiger partial charge in [-0.05, 0) is 56.3 Å². The van der Waals surface area contributed by atoms with Crippen molar-refractivity contribution in [1.29, 1.82) is 0 Å². The molecule has 3 aromatic rings. The SMILES string of the molecule is Cc1cc(C(=O)N2CCN(c3ccccn3)CC2)c(C)n1-c1ccc(Br)cc1. The Morgan fingerprint density at radius 2 is 1.71 bits per heavy atom. The maximum atomic E-state index is 13.2. The molecule has 0 unspecified atom stereocenters. The van der Waals surface area contributed by atoms with E-state index in [0.29, 0.717) is 13.1 Å². The van der Waals surface area contributed by atoms with Crippen LogP contribution in [0.4, 0.5) is 5.82 Å². The van der Waals surface area contributed by atoms with Crippen molar-refractivity contribution >= 4 is 27.7 Å². The third-order valence-electron chi connectivity index (χ3n) is 5.29. The summed E-state index contributed by atoms with van der Waals surface area (Å²) < 4.78 is 3.19. The molecule has 144 valence electrons. The number of piperazine rings is 1. The highest BCUT2D eigenvalue weighted by atomic mass is 79.9. The number of amides is 1. The van der Waals surface area contributed by atoms with Crippen molar-refractivity contribution in [2.24, 2.45) is 0 Å². The second-order valence-electron chi connectivity index (χ2n) is 7.06. The molecule has 1 aliphatic heterocycles. The van der Waals surface area contributed by atoms with Crippen LogP contribution in [0.25, 0.3) is 5.69 Å². The van der Waals surface area contributed by atoms with Crippen LogP contribution in [0.15, 0.2) is 59.2 Å². The van der Waals surface area contributed by atoms with Gasteiger partial charge in [0, 0.05) is 53.9 Å². The molecule has 0 atom stereocenters. The first-order valence-electron chi connectivity index (χ1n) is 9.45. The standard InChI is InChI=1S/C22H23BrN4O/c1-16-15-20(17(2)27(16)19-8-6-18(23)7-9-19)22(28)26-13-11-25(12-14-26)21-5-3-4-10-24-21/h3-10,15H,11-14H2,1-2H3. The lowest BCUT2D eigenvalue weighted by Gasteiger charge is -2.35. The van der Waals surface area contributed by atoms with E-state index in [1.807, 2.05) is 61.3 Å². The first kappa shape index (κ1) is 18.7. The number of halogens is 1. The number of carbonyl (C=O) groups is 1. The van der Waals surface area contributed by atoms with Gasteiger partial charge in [0.15, 0.2) is 0 Å². The maximum absolute atomic E-state index is 13.2. The number of benzene rings is 1. The molecule has 1 aromatic carbocycles. The van der Waals surface area contributed by atoms with Crippen LogP contribution in [-0.4, -0.2) is 46.5 Å². The molecular weight excluding hydrogens is 416 g/mol. The molecule has 0 spiro atoms. The summed E-state index contributed by atoms with van der Waals surface area (Å²) in [5, 5.41) is 0. The summed E-state index contributed by atoms with van der Waals surface area (Å²) in [5.41, 5.74) is 3.90. The first-order chi connectivity index (χ1) is 13.5. The highest BCUT2D eigenvalue weighted by molar-refractivity contribution is 9.10. The zero-order valence-corrected chi connectivity index (χ0v) is 17.7. The highest BCUT2D eigenvalue weighted by Gasteiger charge is 2.25. The van der Waals surface area contributed by atoms with Gasteiger partial charge in [0.2, 0.25) is 0 Å². The molecular formula is C22H23BrN4O. The molecule has 3 heterocycles. The quantitative estimate of drug-likeness (QED) is 0.614. The summed E-state index contributed by atoms with van der Waals surface area (Å²) in [6.45, 7) is 7.08. The van der Waals surface area contributed by atoms with Gasteiger partial charge in [-0.15, -0.1) is 0 Å². The number of anilines is 1. The van der Waals surface area contributed by atoms with E-state index < -0.39 is 0 Å². The van der Waals surface area contributed by atoms with Gasteiger partial charge in [-0.25, -0.2) is 4.98 Å². The fourth-order valence-corrected chi connectivity index (χ4v) is 4.08. The Morgan fingerprint density at radius 1 is 1.00 bits per heavy atom. The van der Waals surface area contributed by atoms with Gasteiger partial charge in [-0.3, -0.25) is 4.79 Å². The lowest BCUT2D eigenvalue weighted by molar-refractivity contribution is 0.0746. The number of hydrogen-bond acceptors (Lipinski definition) is 3. The van der Waals surface area contributed by atoms with Gasteiger partial charge in [0.05, 0.1) is 5.56 Å².